The normalized spacial score (nSPS) is 12.1. The molecule has 1 aromatic rings. The fourth-order valence-corrected chi connectivity index (χ4v) is 1.78. The second-order valence-electron chi connectivity index (χ2n) is 4.30. The number of amides is 1. The molecule has 1 unspecified atom stereocenters. The lowest BCUT2D eigenvalue weighted by molar-refractivity contribution is -0.120. The summed E-state index contributed by atoms with van der Waals surface area (Å²) >= 11 is 0. The highest BCUT2D eigenvalue weighted by molar-refractivity contribution is 5.75. The van der Waals surface area contributed by atoms with Crippen molar-refractivity contribution in [2.24, 2.45) is 0 Å². The van der Waals surface area contributed by atoms with Crippen LogP contribution in [0.3, 0.4) is 0 Å². The molecule has 0 spiro atoms. The molecule has 0 aliphatic heterocycles. The molecule has 0 aliphatic carbocycles. The molecule has 0 heterocycles. The number of aliphatic hydroxyl groups excluding tert-OH is 1. The van der Waals surface area contributed by atoms with Crippen molar-refractivity contribution in [2.45, 2.75) is 25.3 Å². The SMILES string of the molecule is CNC(=O)CCCNC(CO)Cc1ccccc1. The Balaban J connectivity index is 2.24. The van der Waals surface area contributed by atoms with E-state index in [0.29, 0.717) is 6.42 Å². The van der Waals surface area contributed by atoms with Gasteiger partial charge in [0.05, 0.1) is 6.61 Å². The average molecular weight is 250 g/mol. The van der Waals surface area contributed by atoms with Gasteiger partial charge in [-0.3, -0.25) is 4.79 Å². The molecule has 1 aromatic carbocycles. The summed E-state index contributed by atoms with van der Waals surface area (Å²) < 4.78 is 0. The molecule has 0 aromatic heterocycles. The van der Waals surface area contributed by atoms with E-state index in [9.17, 15) is 9.90 Å². The first kappa shape index (κ1) is 14.7. The van der Waals surface area contributed by atoms with Crippen molar-refractivity contribution >= 4 is 5.91 Å². The maximum atomic E-state index is 11.0. The molecule has 0 saturated heterocycles. The molecule has 0 radical (unpaired) electrons. The summed E-state index contributed by atoms with van der Waals surface area (Å²) in [6, 6.07) is 10.1. The Morgan fingerprint density at radius 1 is 1.33 bits per heavy atom. The van der Waals surface area contributed by atoms with E-state index >= 15 is 0 Å². The molecular weight excluding hydrogens is 228 g/mol. The number of aliphatic hydroxyl groups is 1. The van der Waals surface area contributed by atoms with Crippen molar-refractivity contribution in [3.8, 4) is 0 Å². The number of hydrogen-bond acceptors (Lipinski definition) is 3. The van der Waals surface area contributed by atoms with Crippen LogP contribution in [-0.2, 0) is 11.2 Å². The quantitative estimate of drug-likeness (QED) is 0.595. The van der Waals surface area contributed by atoms with Crippen molar-refractivity contribution in [3.05, 3.63) is 35.9 Å². The van der Waals surface area contributed by atoms with E-state index in [2.05, 4.69) is 22.8 Å². The van der Waals surface area contributed by atoms with E-state index in [1.165, 1.54) is 5.56 Å². The minimum Gasteiger partial charge on any atom is -0.395 e. The van der Waals surface area contributed by atoms with Gasteiger partial charge >= 0.3 is 0 Å². The van der Waals surface area contributed by atoms with Gasteiger partial charge < -0.3 is 15.7 Å². The minimum atomic E-state index is 0.0529. The fraction of sp³-hybridized carbons (Fsp3) is 0.500. The van der Waals surface area contributed by atoms with Crippen molar-refractivity contribution in [2.75, 3.05) is 20.2 Å². The number of benzene rings is 1. The summed E-state index contributed by atoms with van der Waals surface area (Å²) in [5, 5.41) is 15.2. The molecule has 0 bridgehead atoms. The molecule has 0 fully saturated rings. The number of nitrogens with one attached hydrogen (secondary N) is 2. The Morgan fingerprint density at radius 3 is 2.67 bits per heavy atom. The molecule has 1 atom stereocenters. The highest BCUT2D eigenvalue weighted by atomic mass is 16.3. The predicted molar refractivity (Wildman–Crippen MR) is 72.3 cm³/mol. The largest absolute Gasteiger partial charge is 0.395 e. The van der Waals surface area contributed by atoms with Crippen LogP contribution in [-0.4, -0.2) is 37.3 Å². The average Bonchev–Trinajstić information content (AvgIpc) is 2.43. The molecule has 1 rings (SSSR count). The third-order valence-electron chi connectivity index (χ3n) is 2.84. The van der Waals surface area contributed by atoms with E-state index in [1.54, 1.807) is 7.05 Å². The van der Waals surface area contributed by atoms with Crippen LogP contribution in [0.25, 0.3) is 0 Å². The highest BCUT2D eigenvalue weighted by Gasteiger charge is 2.07. The number of carbonyl (C=O) groups excluding carboxylic acids is 1. The van der Waals surface area contributed by atoms with Crippen molar-refractivity contribution in [1.82, 2.24) is 10.6 Å². The first-order chi connectivity index (χ1) is 8.76. The smallest absolute Gasteiger partial charge is 0.219 e. The van der Waals surface area contributed by atoms with Crippen LogP contribution in [0.1, 0.15) is 18.4 Å². The third kappa shape index (κ3) is 5.80. The van der Waals surface area contributed by atoms with Gasteiger partial charge in [-0.2, -0.15) is 0 Å². The zero-order valence-corrected chi connectivity index (χ0v) is 10.9. The predicted octanol–water partition coefficient (Wildman–Crippen LogP) is 0.706. The Morgan fingerprint density at radius 2 is 2.06 bits per heavy atom. The van der Waals surface area contributed by atoms with Crippen LogP contribution in [0.2, 0.25) is 0 Å². The molecule has 0 saturated carbocycles. The summed E-state index contributed by atoms with van der Waals surface area (Å²) in [7, 11) is 1.64. The monoisotopic (exact) mass is 250 g/mol. The summed E-state index contributed by atoms with van der Waals surface area (Å²) in [4.78, 5) is 11.0. The van der Waals surface area contributed by atoms with Crippen molar-refractivity contribution in [3.63, 3.8) is 0 Å². The van der Waals surface area contributed by atoms with Crippen LogP contribution >= 0.6 is 0 Å². The zero-order valence-electron chi connectivity index (χ0n) is 10.9. The fourth-order valence-electron chi connectivity index (χ4n) is 1.78. The molecule has 4 nitrogen and oxygen atoms in total. The van der Waals surface area contributed by atoms with Gasteiger partial charge in [-0.05, 0) is 24.9 Å². The summed E-state index contributed by atoms with van der Waals surface area (Å²) in [6.07, 6.45) is 2.11. The van der Waals surface area contributed by atoms with Crippen molar-refractivity contribution in [1.29, 1.82) is 0 Å². The molecular formula is C14H22N2O2. The lowest BCUT2D eigenvalue weighted by atomic mass is 10.1. The van der Waals surface area contributed by atoms with E-state index in [4.69, 9.17) is 0 Å². The zero-order chi connectivity index (χ0) is 13.2. The first-order valence-electron chi connectivity index (χ1n) is 6.35. The Hall–Kier alpha value is -1.39. The van der Waals surface area contributed by atoms with E-state index in [1.807, 2.05) is 18.2 Å². The van der Waals surface area contributed by atoms with Crippen molar-refractivity contribution < 1.29 is 9.90 Å². The molecule has 18 heavy (non-hydrogen) atoms. The maximum absolute atomic E-state index is 11.0. The van der Waals surface area contributed by atoms with Crippen LogP contribution in [0.15, 0.2) is 30.3 Å². The van der Waals surface area contributed by atoms with Crippen LogP contribution < -0.4 is 10.6 Å². The third-order valence-corrected chi connectivity index (χ3v) is 2.84. The molecule has 3 N–H and O–H groups in total. The Labute approximate surface area is 108 Å². The standard InChI is InChI=1S/C14H22N2O2/c1-15-14(18)8-5-9-16-13(11-17)10-12-6-3-2-4-7-12/h2-4,6-7,13,16-17H,5,8-11H2,1H3,(H,15,18). The molecule has 100 valence electrons. The molecule has 0 aliphatic rings. The van der Waals surface area contributed by atoms with Gasteiger partial charge in [0.15, 0.2) is 0 Å². The van der Waals surface area contributed by atoms with Crippen LogP contribution in [0.4, 0.5) is 0 Å². The Kier molecular flexibility index (Phi) is 7.06. The van der Waals surface area contributed by atoms with E-state index in [0.717, 1.165) is 19.4 Å². The lowest BCUT2D eigenvalue weighted by Gasteiger charge is -2.16. The van der Waals surface area contributed by atoms with Gasteiger partial charge in [-0.1, -0.05) is 30.3 Å². The summed E-state index contributed by atoms with van der Waals surface area (Å²) in [5.74, 6) is 0.0559. The van der Waals surface area contributed by atoms with Gasteiger partial charge in [-0.15, -0.1) is 0 Å². The second kappa shape index (κ2) is 8.66. The summed E-state index contributed by atoms with van der Waals surface area (Å²) in [5.41, 5.74) is 1.20. The van der Waals surface area contributed by atoms with Gasteiger partial charge in [-0.25, -0.2) is 0 Å². The molecule has 4 heteroatoms. The van der Waals surface area contributed by atoms with Gasteiger partial charge in [0.25, 0.3) is 0 Å². The van der Waals surface area contributed by atoms with Crippen LogP contribution in [0, 0.1) is 0 Å². The van der Waals surface area contributed by atoms with Gasteiger partial charge in [0, 0.05) is 19.5 Å². The number of carbonyl (C=O) groups is 1. The number of rotatable bonds is 8. The topological polar surface area (TPSA) is 61.4 Å². The first-order valence-corrected chi connectivity index (χ1v) is 6.35. The van der Waals surface area contributed by atoms with E-state index in [-0.39, 0.29) is 18.6 Å². The lowest BCUT2D eigenvalue weighted by Crippen LogP contribution is -2.35. The van der Waals surface area contributed by atoms with E-state index < -0.39 is 0 Å². The van der Waals surface area contributed by atoms with Crippen LogP contribution in [0.5, 0.6) is 0 Å². The molecule has 1 amide bonds. The maximum Gasteiger partial charge on any atom is 0.219 e. The Bertz CT molecular complexity index is 341. The summed E-state index contributed by atoms with van der Waals surface area (Å²) in [6.45, 7) is 0.848. The minimum absolute atomic E-state index is 0.0529. The number of hydrogen-bond donors (Lipinski definition) is 3. The highest BCUT2D eigenvalue weighted by Crippen LogP contribution is 2.03. The van der Waals surface area contributed by atoms with Gasteiger partial charge in [0.1, 0.15) is 0 Å². The second-order valence-corrected chi connectivity index (χ2v) is 4.30. The van der Waals surface area contributed by atoms with Gasteiger partial charge in [0.2, 0.25) is 5.91 Å².